The summed E-state index contributed by atoms with van der Waals surface area (Å²) in [4.78, 5) is 9.13. The zero-order valence-electron chi connectivity index (χ0n) is 12.1. The van der Waals surface area contributed by atoms with Gasteiger partial charge >= 0.3 is 0 Å². The molecule has 0 saturated heterocycles. The normalized spacial score (nSPS) is 12.7. The van der Waals surface area contributed by atoms with Gasteiger partial charge in [0.25, 0.3) is 0 Å². The summed E-state index contributed by atoms with van der Waals surface area (Å²) in [5, 5.41) is 15.8. The predicted molar refractivity (Wildman–Crippen MR) is 85.9 cm³/mol. The Labute approximate surface area is 127 Å². The number of fused-ring (bicyclic) bond motifs is 1. The Bertz CT molecular complexity index is 747. The monoisotopic (exact) mass is 302 g/mol. The van der Waals surface area contributed by atoms with Crippen molar-refractivity contribution >= 4 is 28.3 Å². The van der Waals surface area contributed by atoms with Crippen LogP contribution >= 0.6 is 11.3 Å². The number of aliphatic hydroxyl groups excluding tert-OH is 1. The van der Waals surface area contributed by atoms with Crippen molar-refractivity contribution in [2.45, 2.75) is 26.5 Å². The van der Waals surface area contributed by atoms with E-state index in [1.165, 1.54) is 0 Å². The number of anilines is 1. The van der Waals surface area contributed by atoms with Crippen LogP contribution in [0.1, 0.15) is 17.6 Å². The molecule has 110 valence electrons. The Morgan fingerprint density at radius 1 is 1.33 bits per heavy atom. The van der Waals surface area contributed by atoms with Crippen molar-refractivity contribution in [2.75, 3.05) is 11.9 Å². The summed E-state index contributed by atoms with van der Waals surface area (Å²) in [6.45, 7) is 4.91. The molecule has 0 amide bonds. The molecule has 0 bridgehead atoms. The van der Waals surface area contributed by atoms with Crippen LogP contribution in [0, 0.1) is 6.92 Å². The molecule has 6 heteroatoms. The van der Waals surface area contributed by atoms with Gasteiger partial charge in [-0.25, -0.2) is 9.97 Å². The van der Waals surface area contributed by atoms with Crippen LogP contribution in [-0.4, -0.2) is 32.3 Å². The van der Waals surface area contributed by atoms with Crippen LogP contribution < -0.4 is 5.32 Å². The number of aryl methyl sites for hydroxylation is 1. The lowest BCUT2D eigenvalue weighted by Gasteiger charge is -2.10. The molecule has 0 unspecified atom stereocenters. The lowest BCUT2D eigenvalue weighted by molar-refractivity contribution is 0.208. The zero-order chi connectivity index (χ0) is 14.8. The number of aliphatic hydroxyl groups is 1. The van der Waals surface area contributed by atoms with E-state index in [1.54, 1.807) is 18.3 Å². The molecule has 2 heterocycles. The molecule has 0 radical (unpaired) electrons. The first-order chi connectivity index (χ1) is 10.1. The molecule has 0 saturated carbocycles. The smallest absolute Gasteiger partial charge is 0.204 e. The van der Waals surface area contributed by atoms with Gasteiger partial charge in [0, 0.05) is 11.9 Å². The van der Waals surface area contributed by atoms with Crippen molar-refractivity contribution in [1.29, 1.82) is 0 Å². The molecule has 2 aromatic heterocycles. The van der Waals surface area contributed by atoms with E-state index < -0.39 is 6.10 Å². The molecule has 1 atom stereocenters. The second kappa shape index (κ2) is 5.83. The number of thiazole rings is 1. The minimum absolute atomic E-state index is 0.417. The molecule has 1 aromatic carbocycles. The number of rotatable bonds is 5. The molecule has 0 spiro atoms. The number of imidazole rings is 1. The van der Waals surface area contributed by atoms with Crippen molar-refractivity contribution in [1.82, 2.24) is 14.5 Å². The van der Waals surface area contributed by atoms with Gasteiger partial charge < -0.3 is 15.0 Å². The Hall–Kier alpha value is -1.92. The molecular formula is C15H18N4OS. The van der Waals surface area contributed by atoms with Crippen molar-refractivity contribution in [3.05, 3.63) is 40.3 Å². The summed E-state index contributed by atoms with van der Waals surface area (Å²) in [5.41, 5.74) is 3.04. The lowest BCUT2D eigenvalue weighted by atomic mass is 10.3. The van der Waals surface area contributed by atoms with Crippen LogP contribution in [0.3, 0.4) is 0 Å². The summed E-state index contributed by atoms with van der Waals surface area (Å²) < 4.78 is 2.10. The van der Waals surface area contributed by atoms with Crippen LogP contribution in [0.25, 0.3) is 11.0 Å². The van der Waals surface area contributed by atoms with Crippen LogP contribution in [0.2, 0.25) is 0 Å². The molecule has 5 nitrogen and oxygen atoms in total. The third-order valence-corrected chi connectivity index (χ3v) is 4.02. The van der Waals surface area contributed by atoms with Crippen molar-refractivity contribution in [3.63, 3.8) is 0 Å². The number of para-hydroxylation sites is 2. The molecule has 0 aliphatic heterocycles. The third-order valence-electron chi connectivity index (χ3n) is 3.20. The van der Waals surface area contributed by atoms with Gasteiger partial charge in [-0.2, -0.15) is 0 Å². The fraction of sp³-hybridized carbons (Fsp3) is 0.333. The molecule has 0 aliphatic rings. The maximum Gasteiger partial charge on any atom is 0.204 e. The summed E-state index contributed by atoms with van der Waals surface area (Å²) in [7, 11) is 0. The topological polar surface area (TPSA) is 63.0 Å². The Morgan fingerprint density at radius 3 is 2.86 bits per heavy atom. The summed E-state index contributed by atoms with van der Waals surface area (Å²) in [5.74, 6) is 0.766. The average molecular weight is 302 g/mol. The van der Waals surface area contributed by atoms with Gasteiger partial charge in [-0.1, -0.05) is 12.1 Å². The highest BCUT2D eigenvalue weighted by atomic mass is 32.1. The number of nitrogens with zero attached hydrogens (tertiary/aromatic N) is 3. The van der Waals surface area contributed by atoms with E-state index in [0.717, 1.165) is 27.7 Å². The molecular weight excluding hydrogens is 284 g/mol. The maximum atomic E-state index is 9.46. The molecule has 0 aliphatic carbocycles. The van der Waals surface area contributed by atoms with E-state index in [0.29, 0.717) is 13.1 Å². The SMILES string of the molecule is Cc1nc(Cn2c(NC[C@H](C)O)nc3ccccc32)cs1. The first-order valence-electron chi connectivity index (χ1n) is 6.91. The fourth-order valence-corrected chi connectivity index (χ4v) is 2.86. The standard InChI is InChI=1S/C15H18N4OS/c1-10(20)7-16-15-18-13-5-3-4-6-14(13)19(15)8-12-9-21-11(2)17-12/h3-6,9-10,20H,7-8H2,1-2H3,(H,16,18)/t10-/m0/s1. The average Bonchev–Trinajstić information content (AvgIpc) is 3.01. The Balaban J connectivity index is 1.98. The highest BCUT2D eigenvalue weighted by Gasteiger charge is 2.12. The van der Waals surface area contributed by atoms with Gasteiger partial charge in [0.2, 0.25) is 5.95 Å². The number of hydrogen-bond donors (Lipinski definition) is 2. The van der Waals surface area contributed by atoms with Crippen molar-refractivity contribution < 1.29 is 5.11 Å². The van der Waals surface area contributed by atoms with Crippen LogP contribution in [0.4, 0.5) is 5.95 Å². The fourth-order valence-electron chi connectivity index (χ4n) is 2.25. The Kier molecular flexibility index (Phi) is 3.90. The number of aromatic nitrogens is 3. The van der Waals surface area contributed by atoms with Gasteiger partial charge in [0.1, 0.15) is 0 Å². The highest BCUT2D eigenvalue weighted by molar-refractivity contribution is 7.09. The quantitative estimate of drug-likeness (QED) is 0.760. The van der Waals surface area contributed by atoms with Crippen LogP contribution in [0.5, 0.6) is 0 Å². The molecule has 21 heavy (non-hydrogen) atoms. The van der Waals surface area contributed by atoms with Gasteiger partial charge in [-0.05, 0) is 26.0 Å². The van der Waals surface area contributed by atoms with Crippen LogP contribution in [-0.2, 0) is 6.54 Å². The largest absolute Gasteiger partial charge is 0.392 e. The van der Waals surface area contributed by atoms with Gasteiger partial charge in [-0.3, -0.25) is 0 Å². The molecule has 0 fully saturated rings. The third kappa shape index (κ3) is 3.06. The van der Waals surface area contributed by atoms with E-state index in [2.05, 4.69) is 31.3 Å². The number of nitrogens with one attached hydrogen (secondary N) is 1. The van der Waals surface area contributed by atoms with Crippen LogP contribution in [0.15, 0.2) is 29.6 Å². The second-order valence-corrected chi connectivity index (χ2v) is 6.16. The van der Waals surface area contributed by atoms with E-state index in [-0.39, 0.29) is 0 Å². The first-order valence-corrected chi connectivity index (χ1v) is 7.79. The molecule has 3 rings (SSSR count). The van der Waals surface area contributed by atoms with E-state index >= 15 is 0 Å². The predicted octanol–water partition coefficient (Wildman–Crippen LogP) is 2.64. The number of hydrogen-bond acceptors (Lipinski definition) is 5. The second-order valence-electron chi connectivity index (χ2n) is 5.10. The zero-order valence-corrected chi connectivity index (χ0v) is 12.9. The summed E-state index contributed by atoms with van der Waals surface area (Å²) >= 11 is 1.65. The first kappa shape index (κ1) is 14.0. The minimum Gasteiger partial charge on any atom is -0.392 e. The maximum absolute atomic E-state index is 9.46. The van der Waals surface area contributed by atoms with E-state index in [1.807, 2.05) is 25.1 Å². The number of benzene rings is 1. The van der Waals surface area contributed by atoms with Gasteiger partial charge in [0.15, 0.2) is 0 Å². The molecule has 2 N–H and O–H groups in total. The summed E-state index contributed by atoms with van der Waals surface area (Å²) in [6.07, 6.45) is -0.417. The van der Waals surface area contributed by atoms with Crippen molar-refractivity contribution in [3.8, 4) is 0 Å². The van der Waals surface area contributed by atoms with E-state index in [9.17, 15) is 5.11 Å². The minimum atomic E-state index is -0.417. The van der Waals surface area contributed by atoms with Gasteiger partial charge in [-0.15, -0.1) is 11.3 Å². The summed E-state index contributed by atoms with van der Waals surface area (Å²) in [6, 6.07) is 8.02. The lowest BCUT2D eigenvalue weighted by Crippen LogP contribution is -2.18. The van der Waals surface area contributed by atoms with E-state index in [4.69, 9.17) is 0 Å². The van der Waals surface area contributed by atoms with Crippen molar-refractivity contribution in [2.24, 2.45) is 0 Å². The Morgan fingerprint density at radius 2 is 2.14 bits per heavy atom. The van der Waals surface area contributed by atoms with Gasteiger partial charge in [0.05, 0.1) is 34.4 Å². The highest BCUT2D eigenvalue weighted by Crippen LogP contribution is 2.21. The molecule has 3 aromatic rings.